The summed E-state index contributed by atoms with van der Waals surface area (Å²) in [6, 6.07) is 4.70. The van der Waals surface area contributed by atoms with Crippen LogP contribution in [0.25, 0.3) is 0 Å². The second-order valence-electron chi connectivity index (χ2n) is 5.92. The van der Waals surface area contributed by atoms with E-state index < -0.39 is 10.9 Å². The minimum atomic E-state index is -1.09. The van der Waals surface area contributed by atoms with Crippen LogP contribution in [-0.2, 0) is 0 Å². The van der Waals surface area contributed by atoms with Gasteiger partial charge in [0.05, 0.1) is 16.6 Å². The first kappa shape index (κ1) is 21.2. The van der Waals surface area contributed by atoms with Crippen LogP contribution in [0.1, 0.15) is 49.4 Å². The quantitative estimate of drug-likeness (QED) is 0.337. The van der Waals surface area contributed by atoms with Gasteiger partial charge in [-0.2, -0.15) is 11.8 Å². The number of carboxylic acids is 1. The molecular weight excluding hydrogens is 342 g/mol. The van der Waals surface area contributed by atoms with E-state index in [1.807, 2.05) is 11.8 Å². The van der Waals surface area contributed by atoms with Crippen molar-refractivity contribution in [1.29, 1.82) is 0 Å². The molecule has 0 amide bonds. The Kier molecular flexibility index (Phi) is 9.23. The summed E-state index contributed by atoms with van der Waals surface area (Å²) in [6.45, 7) is 2.18. The summed E-state index contributed by atoms with van der Waals surface area (Å²) in [5.41, 5.74) is 2.71. The summed E-state index contributed by atoms with van der Waals surface area (Å²) in [4.78, 5) is 19.9. The van der Waals surface area contributed by atoms with Gasteiger partial charge in [0.1, 0.15) is 0 Å². The smallest absolute Gasteiger partial charge is 0.335 e. The highest BCUT2D eigenvalue weighted by atomic mass is 32.2. The molecule has 0 aliphatic heterocycles. The van der Waals surface area contributed by atoms with Crippen LogP contribution in [0.3, 0.4) is 0 Å². The Morgan fingerprint density at radius 1 is 1.36 bits per heavy atom. The van der Waals surface area contributed by atoms with Gasteiger partial charge in [0.2, 0.25) is 0 Å². The highest BCUT2D eigenvalue weighted by Crippen LogP contribution is 2.28. The Balaban J connectivity index is 0.000000251. The van der Waals surface area contributed by atoms with Crippen LogP contribution in [0.4, 0.5) is 5.69 Å². The van der Waals surface area contributed by atoms with Gasteiger partial charge in [-0.15, -0.1) is 0 Å². The zero-order valence-corrected chi connectivity index (χ0v) is 15.4. The van der Waals surface area contributed by atoms with Gasteiger partial charge in [0.25, 0.3) is 5.69 Å². The van der Waals surface area contributed by atoms with Crippen LogP contribution < -0.4 is 0 Å². The number of allylic oxidation sites excluding steroid dienone is 1. The van der Waals surface area contributed by atoms with Gasteiger partial charge in [-0.25, -0.2) is 4.79 Å². The molecule has 0 fully saturated rings. The van der Waals surface area contributed by atoms with Crippen molar-refractivity contribution in [3.05, 3.63) is 51.1 Å². The molecule has 2 rings (SSSR count). The van der Waals surface area contributed by atoms with Crippen molar-refractivity contribution >= 4 is 23.4 Å². The maximum Gasteiger partial charge on any atom is 0.335 e. The number of non-ortho nitro benzene ring substituents is 1. The van der Waals surface area contributed by atoms with E-state index in [0.29, 0.717) is 0 Å². The van der Waals surface area contributed by atoms with Crippen molar-refractivity contribution in [2.24, 2.45) is 0 Å². The molecule has 1 unspecified atom stereocenters. The topological polar surface area (TPSA) is 101 Å². The van der Waals surface area contributed by atoms with Crippen molar-refractivity contribution in [3.63, 3.8) is 0 Å². The standard InChI is InChI=1S/C11H20OS.C7H5NO4/c1-9-5-3-7-11(12)10(9)6-4-8-13-2;9-7(10)5-1-3-6(4-2-5)8(11)12/h11-12H,3-8H2,1-2H3;1-4H,(H,9,10). The fourth-order valence-electron chi connectivity index (χ4n) is 2.69. The lowest BCUT2D eigenvalue weighted by Gasteiger charge is -2.23. The number of aliphatic hydroxyl groups is 1. The van der Waals surface area contributed by atoms with Crippen molar-refractivity contribution in [2.45, 2.75) is 45.1 Å². The predicted molar refractivity (Wildman–Crippen MR) is 100 cm³/mol. The molecule has 1 aliphatic carbocycles. The van der Waals surface area contributed by atoms with E-state index in [2.05, 4.69) is 13.2 Å². The first-order valence-corrected chi connectivity index (χ1v) is 9.59. The number of carbonyl (C=O) groups is 1. The number of hydrogen-bond donors (Lipinski definition) is 2. The third kappa shape index (κ3) is 7.27. The number of aliphatic hydroxyl groups excluding tert-OH is 1. The van der Waals surface area contributed by atoms with Gasteiger partial charge in [-0.3, -0.25) is 10.1 Å². The number of thioether (sulfide) groups is 1. The molecule has 0 bridgehead atoms. The van der Waals surface area contributed by atoms with E-state index in [9.17, 15) is 20.0 Å². The molecule has 0 saturated heterocycles. The highest BCUT2D eigenvalue weighted by Gasteiger charge is 2.17. The maximum absolute atomic E-state index is 10.3. The van der Waals surface area contributed by atoms with E-state index in [0.717, 1.165) is 25.0 Å². The predicted octanol–water partition coefficient (Wildman–Crippen LogP) is 4.28. The van der Waals surface area contributed by atoms with Crippen molar-refractivity contribution in [2.75, 3.05) is 12.0 Å². The van der Waals surface area contributed by atoms with Gasteiger partial charge in [-0.1, -0.05) is 5.57 Å². The summed E-state index contributed by atoms with van der Waals surface area (Å²) in [5.74, 6) is 0.119. The molecule has 1 aromatic carbocycles. The Morgan fingerprint density at radius 2 is 2.00 bits per heavy atom. The number of rotatable bonds is 6. The molecular formula is C18H25NO5S. The van der Waals surface area contributed by atoms with Gasteiger partial charge in [-0.05, 0) is 68.7 Å². The fraction of sp³-hybridized carbons (Fsp3) is 0.500. The average molecular weight is 367 g/mol. The van der Waals surface area contributed by atoms with Crippen LogP contribution >= 0.6 is 11.8 Å². The fourth-order valence-corrected chi connectivity index (χ4v) is 3.13. The molecule has 7 heteroatoms. The summed E-state index contributed by atoms with van der Waals surface area (Å²) < 4.78 is 0. The van der Waals surface area contributed by atoms with Crippen molar-refractivity contribution in [3.8, 4) is 0 Å². The molecule has 1 aromatic rings. The molecule has 0 radical (unpaired) electrons. The van der Waals surface area contributed by atoms with Gasteiger partial charge in [0.15, 0.2) is 0 Å². The van der Waals surface area contributed by atoms with Crippen molar-refractivity contribution in [1.82, 2.24) is 0 Å². The van der Waals surface area contributed by atoms with Crippen LogP contribution in [0.15, 0.2) is 35.4 Å². The van der Waals surface area contributed by atoms with Crippen LogP contribution in [0.5, 0.6) is 0 Å². The monoisotopic (exact) mass is 367 g/mol. The largest absolute Gasteiger partial charge is 0.478 e. The second kappa shape index (κ2) is 10.9. The lowest BCUT2D eigenvalue weighted by atomic mass is 9.88. The molecule has 1 atom stereocenters. The van der Waals surface area contributed by atoms with Crippen LogP contribution in [0, 0.1) is 10.1 Å². The molecule has 25 heavy (non-hydrogen) atoms. The summed E-state index contributed by atoms with van der Waals surface area (Å²) >= 11 is 1.89. The Bertz CT molecular complexity index is 579. The molecule has 138 valence electrons. The Morgan fingerprint density at radius 3 is 2.48 bits per heavy atom. The van der Waals surface area contributed by atoms with E-state index in [1.165, 1.54) is 48.3 Å². The first-order chi connectivity index (χ1) is 11.9. The summed E-state index contributed by atoms with van der Waals surface area (Å²) in [7, 11) is 0. The number of benzene rings is 1. The molecule has 6 nitrogen and oxygen atoms in total. The van der Waals surface area contributed by atoms with E-state index in [1.54, 1.807) is 0 Å². The lowest BCUT2D eigenvalue weighted by Crippen LogP contribution is -2.16. The van der Waals surface area contributed by atoms with Gasteiger partial charge >= 0.3 is 5.97 Å². The van der Waals surface area contributed by atoms with Gasteiger partial charge in [0, 0.05) is 12.1 Å². The van der Waals surface area contributed by atoms with Crippen LogP contribution in [0.2, 0.25) is 0 Å². The molecule has 1 aliphatic rings. The molecule has 0 aromatic heterocycles. The zero-order valence-electron chi connectivity index (χ0n) is 14.6. The summed E-state index contributed by atoms with van der Waals surface area (Å²) in [6.07, 6.45) is 7.67. The number of aromatic carboxylic acids is 1. The molecule has 0 saturated carbocycles. The molecule has 0 spiro atoms. The van der Waals surface area contributed by atoms with Crippen molar-refractivity contribution < 1.29 is 19.9 Å². The van der Waals surface area contributed by atoms with E-state index in [-0.39, 0.29) is 17.4 Å². The highest BCUT2D eigenvalue weighted by molar-refractivity contribution is 7.98. The maximum atomic E-state index is 10.3. The zero-order chi connectivity index (χ0) is 18.8. The normalized spacial score (nSPS) is 16.8. The van der Waals surface area contributed by atoms with E-state index in [4.69, 9.17) is 5.11 Å². The molecule has 2 N–H and O–H groups in total. The molecule has 0 heterocycles. The van der Waals surface area contributed by atoms with Crippen LogP contribution in [-0.4, -0.2) is 39.2 Å². The third-order valence-corrected chi connectivity index (χ3v) is 4.80. The van der Waals surface area contributed by atoms with E-state index >= 15 is 0 Å². The first-order valence-electron chi connectivity index (χ1n) is 8.20. The lowest BCUT2D eigenvalue weighted by molar-refractivity contribution is -0.384. The number of nitro benzene ring substituents is 1. The SMILES string of the molecule is CSCCCC1=C(C)CCCC1O.O=C(O)c1ccc([N+](=O)[O-])cc1. The number of hydrogen-bond acceptors (Lipinski definition) is 5. The second-order valence-corrected chi connectivity index (χ2v) is 6.90. The summed E-state index contributed by atoms with van der Waals surface area (Å²) in [5, 5.41) is 28.4. The number of nitrogens with zero attached hydrogens (tertiary/aromatic N) is 1. The minimum Gasteiger partial charge on any atom is -0.478 e. The number of nitro groups is 1. The Labute approximate surface area is 152 Å². The number of carboxylic acid groups (broad SMARTS) is 1. The van der Waals surface area contributed by atoms with Gasteiger partial charge < -0.3 is 10.2 Å². The third-order valence-electron chi connectivity index (χ3n) is 4.10. The average Bonchev–Trinajstić information content (AvgIpc) is 2.58. The minimum absolute atomic E-state index is 0.0422. The Hall–Kier alpha value is -1.86.